The number of amides is 1. The van der Waals surface area contributed by atoms with Gasteiger partial charge in [-0.3, -0.25) is 9.59 Å². The Balaban J connectivity index is 1.73. The molecular formula is C17H17F2N3O2. The molecule has 3 rings (SSSR count). The van der Waals surface area contributed by atoms with E-state index in [-0.39, 0.29) is 23.8 Å². The zero-order chi connectivity index (χ0) is 17.3. The average molecular weight is 333 g/mol. The third-order valence-electron chi connectivity index (χ3n) is 4.17. The number of rotatable bonds is 3. The topological polar surface area (TPSA) is 65.2 Å². The van der Waals surface area contributed by atoms with E-state index >= 15 is 0 Å². The highest BCUT2D eigenvalue weighted by Crippen LogP contribution is 2.26. The number of aromatic amines is 1. The molecule has 24 heavy (non-hydrogen) atoms. The molecule has 0 radical (unpaired) electrons. The van der Waals surface area contributed by atoms with Gasteiger partial charge in [0.15, 0.2) is 0 Å². The first-order valence-corrected chi connectivity index (χ1v) is 7.65. The molecule has 1 aromatic carbocycles. The Morgan fingerprint density at radius 2 is 2.00 bits per heavy atom. The lowest BCUT2D eigenvalue weighted by Gasteiger charge is -2.20. The van der Waals surface area contributed by atoms with Crippen molar-refractivity contribution < 1.29 is 13.6 Å². The number of benzene rings is 1. The highest BCUT2D eigenvalue weighted by molar-refractivity contribution is 5.95. The van der Waals surface area contributed by atoms with Gasteiger partial charge in [0.2, 0.25) is 0 Å². The first-order valence-electron chi connectivity index (χ1n) is 7.65. The molecule has 126 valence electrons. The van der Waals surface area contributed by atoms with Crippen LogP contribution in [0.25, 0.3) is 0 Å². The molecule has 0 bridgehead atoms. The number of aromatic nitrogens is 1. The predicted molar refractivity (Wildman–Crippen MR) is 86.2 cm³/mol. The van der Waals surface area contributed by atoms with E-state index in [1.54, 1.807) is 17.9 Å². The Bertz CT molecular complexity index is 815. The molecule has 1 saturated heterocycles. The SMILES string of the molecule is Cc1cc[nH]c(=O)c1C(=O)NC1CCN(c2c(F)cccc2F)C1. The molecule has 0 spiro atoms. The summed E-state index contributed by atoms with van der Waals surface area (Å²) in [4.78, 5) is 28.2. The molecule has 2 aromatic rings. The number of halogens is 2. The van der Waals surface area contributed by atoms with Gasteiger partial charge < -0.3 is 15.2 Å². The predicted octanol–water partition coefficient (Wildman–Crippen LogP) is 1.97. The smallest absolute Gasteiger partial charge is 0.261 e. The Kier molecular flexibility index (Phi) is 4.33. The number of para-hydroxylation sites is 1. The molecule has 1 atom stereocenters. The van der Waals surface area contributed by atoms with Gasteiger partial charge in [0.05, 0.1) is 0 Å². The summed E-state index contributed by atoms with van der Waals surface area (Å²) >= 11 is 0. The third-order valence-corrected chi connectivity index (χ3v) is 4.17. The minimum Gasteiger partial charge on any atom is -0.365 e. The van der Waals surface area contributed by atoms with Crippen molar-refractivity contribution in [3.05, 3.63) is 63.6 Å². The zero-order valence-corrected chi connectivity index (χ0v) is 13.1. The summed E-state index contributed by atoms with van der Waals surface area (Å²) in [5.41, 5.74) is 0.102. The second kappa shape index (κ2) is 6.43. The van der Waals surface area contributed by atoms with Crippen LogP contribution in [0, 0.1) is 18.6 Å². The Morgan fingerprint density at radius 1 is 1.29 bits per heavy atom. The van der Waals surface area contributed by atoms with Gasteiger partial charge in [-0.2, -0.15) is 0 Å². The van der Waals surface area contributed by atoms with Gasteiger partial charge in [-0.1, -0.05) is 6.07 Å². The number of carbonyl (C=O) groups excluding carboxylic acids is 1. The maximum atomic E-state index is 13.8. The van der Waals surface area contributed by atoms with Crippen LogP contribution < -0.4 is 15.8 Å². The molecular weight excluding hydrogens is 316 g/mol. The van der Waals surface area contributed by atoms with Gasteiger partial charge in [0, 0.05) is 25.3 Å². The number of anilines is 1. The first-order chi connectivity index (χ1) is 11.5. The van der Waals surface area contributed by atoms with Crippen LogP contribution in [-0.4, -0.2) is 30.0 Å². The van der Waals surface area contributed by atoms with E-state index in [0.29, 0.717) is 18.5 Å². The highest BCUT2D eigenvalue weighted by Gasteiger charge is 2.28. The van der Waals surface area contributed by atoms with Crippen LogP contribution >= 0.6 is 0 Å². The van der Waals surface area contributed by atoms with E-state index in [9.17, 15) is 18.4 Å². The molecule has 1 aliphatic heterocycles. The van der Waals surface area contributed by atoms with Gasteiger partial charge in [-0.05, 0) is 37.1 Å². The third kappa shape index (κ3) is 3.02. The molecule has 7 heteroatoms. The molecule has 1 aliphatic rings. The lowest BCUT2D eigenvalue weighted by Crippen LogP contribution is -2.40. The van der Waals surface area contributed by atoms with Crippen molar-refractivity contribution >= 4 is 11.6 Å². The fourth-order valence-electron chi connectivity index (χ4n) is 2.99. The monoisotopic (exact) mass is 333 g/mol. The maximum Gasteiger partial charge on any atom is 0.261 e. The molecule has 0 aliphatic carbocycles. The van der Waals surface area contributed by atoms with Crippen molar-refractivity contribution in [1.29, 1.82) is 0 Å². The summed E-state index contributed by atoms with van der Waals surface area (Å²) < 4.78 is 27.7. The van der Waals surface area contributed by atoms with E-state index in [4.69, 9.17) is 0 Å². The van der Waals surface area contributed by atoms with Crippen LogP contribution in [0.3, 0.4) is 0 Å². The normalized spacial score (nSPS) is 17.1. The summed E-state index contributed by atoms with van der Waals surface area (Å²) in [6.07, 6.45) is 2.02. The van der Waals surface area contributed by atoms with Crippen molar-refractivity contribution in [2.45, 2.75) is 19.4 Å². The lowest BCUT2D eigenvalue weighted by atomic mass is 10.1. The number of carbonyl (C=O) groups is 1. The van der Waals surface area contributed by atoms with Crippen LogP contribution in [-0.2, 0) is 0 Å². The van der Waals surface area contributed by atoms with Gasteiger partial charge in [-0.15, -0.1) is 0 Å². The molecule has 0 saturated carbocycles. The number of H-pyrrole nitrogens is 1. The second-order valence-electron chi connectivity index (χ2n) is 5.84. The largest absolute Gasteiger partial charge is 0.365 e. The Labute approximate surface area is 137 Å². The van der Waals surface area contributed by atoms with Crippen molar-refractivity contribution in [1.82, 2.24) is 10.3 Å². The average Bonchev–Trinajstić information content (AvgIpc) is 2.95. The quantitative estimate of drug-likeness (QED) is 0.903. The van der Waals surface area contributed by atoms with E-state index < -0.39 is 23.1 Å². The van der Waals surface area contributed by atoms with Crippen LogP contribution in [0.5, 0.6) is 0 Å². The Morgan fingerprint density at radius 3 is 2.67 bits per heavy atom. The van der Waals surface area contributed by atoms with Crippen LogP contribution in [0.4, 0.5) is 14.5 Å². The Hall–Kier alpha value is -2.70. The number of nitrogens with zero attached hydrogens (tertiary/aromatic N) is 1. The van der Waals surface area contributed by atoms with Gasteiger partial charge >= 0.3 is 0 Å². The van der Waals surface area contributed by atoms with Crippen LogP contribution in [0.2, 0.25) is 0 Å². The fourth-order valence-corrected chi connectivity index (χ4v) is 2.99. The minimum absolute atomic E-state index is 0.0630. The number of hydrogen-bond acceptors (Lipinski definition) is 3. The molecule has 1 amide bonds. The molecule has 2 N–H and O–H groups in total. The zero-order valence-electron chi connectivity index (χ0n) is 13.1. The minimum atomic E-state index is -0.627. The highest BCUT2D eigenvalue weighted by atomic mass is 19.1. The number of nitrogens with one attached hydrogen (secondary N) is 2. The van der Waals surface area contributed by atoms with Gasteiger partial charge in [-0.25, -0.2) is 8.78 Å². The van der Waals surface area contributed by atoms with Crippen LogP contribution in [0.1, 0.15) is 22.3 Å². The molecule has 1 aromatic heterocycles. The number of pyridine rings is 1. The summed E-state index contributed by atoms with van der Waals surface area (Å²) in [5.74, 6) is -1.73. The lowest BCUT2D eigenvalue weighted by molar-refractivity contribution is 0.0938. The first kappa shape index (κ1) is 16.2. The molecule has 2 heterocycles. The van der Waals surface area contributed by atoms with Crippen molar-refractivity contribution in [2.24, 2.45) is 0 Å². The van der Waals surface area contributed by atoms with Gasteiger partial charge in [0.1, 0.15) is 22.9 Å². The van der Waals surface area contributed by atoms with E-state index in [2.05, 4.69) is 10.3 Å². The number of hydrogen-bond donors (Lipinski definition) is 2. The van der Waals surface area contributed by atoms with Crippen molar-refractivity contribution in [3.63, 3.8) is 0 Å². The summed E-state index contributed by atoms with van der Waals surface area (Å²) in [6.45, 7) is 2.39. The summed E-state index contributed by atoms with van der Waals surface area (Å²) in [6, 6.07) is 5.09. The van der Waals surface area contributed by atoms with E-state index in [0.717, 1.165) is 0 Å². The standard InChI is InChI=1S/C17H17F2N3O2/c1-10-5-7-20-16(23)14(10)17(24)21-11-6-8-22(9-11)15-12(18)3-2-4-13(15)19/h2-5,7,11H,6,8-9H2,1H3,(H,20,23)(H,21,24). The molecule has 1 unspecified atom stereocenters. The number of aryl methyl sites for hydroxylation is 1. The van der Waals surface area contributed by atoms with Crippen molar-refractivity contribution in [2.75, 3.05) is 18.0 Å². The maximum absolute atomic E-state index is 13.8. The molecule has 5 nitrogen and oxygen atoms in total. The summed E-state index contributed by atoms with van der Waals surface area (Å²) in [7, 11) is 0. The second-order valence-corrected chi connectivity index (χ2v) is 5.84. The summed E-state index contributed by atoms with van der Waals surface area (Å²) in [5, 5.41) is 2.77. The van der Waals surface area contributed by atoms with Crippen molar-refractivity contribution in [3.8, 4) is 0 Å². The fraction of sp³-hybridized carbons (Fsp3) is 0.294. The van der Waals surface area contributed by atoms with E-state index in [1.807, 2.05) is 0 Å². The van der Waals surface area contributed by atoms with E-state index in [1.165, 1.54) is 24.4 Å². The molecule has 1 fully saturated rings. The van der Waals surface area contributed by atoms with Gasteiger partial charge in [0.25, 0.3) is 11.5 Å². The van der Waals surface area contributed by atoms with Crippen LogP contribution in [0.15, 0.2) is 35.3 Å².